The van der Waals surface area contributed by atoms with Crippen molar-refractivity contribution >= 4 is 16.9 Å². The van der Waals surface area contributed by atoms with Crippen molar-refractivity contribution in [2.75, 3.05) is 13.2 Å². The Morgan fingerprint density at radius 3 is 3.00 bits per heavy atom. The number of fused-ring (bicyclic) bond motifs is 1. The molecule has 21 heavy (non-hydrogen) atoms. The van der Waals surface area contributed by atoms with Gasteiger partial charge in [-0.2, -0.15) is 0 Å². The van der Waals surface area contributed by atoms with Crippen molar-refractivity contribution in [2.45, 2.75) is 39.3 Å². The normalized spacial score (nSPS) is 18.3. The highest BCUT2D eigenvalue weighted by molar-refractivity contribution is 5.80. The summed E-state index contributed by atoms with van der Waals surface area (Å²) < 4.78 is 7.13. The summed E-state index contributed by atoms with van der Waals surface area (Å²) in [5, 5.41) is 11.1. The molecule has 6 nitrogen and oxygen atoms in total. The van der Waals surface area contributed by atoms with Crippen LogP contribution in [0.4, 0.5) is 0 Å². The van der Waals surface area contributed by atoms with E-state index >= 15 is 0 Å². The van der Waals surface area contributed by atoms with E-state index in [1.807, 2.05) is 26.0 Å². The number of nitrogens with one attached hydrogen (secondary N) is 1. The Morgan fingerprint density at radius 2 is 2.24 bits per heavy atom. The number of hydrogen-bond donors (Lipinski definition) is 1. The van der Waals surface area contributed by atoms with E-state index in [2.05, 4.69) is 15.6 Å². The van der Waals surface area contributed by atoms with Gasteiger partial charge in [-0.05, 0) is 49.9 Å². The Balaban J connectivity index is 1.66. The first-order valence-corrected chi connectivity index (χ1v) is 7.32. The Kier molecular flexibility index (Phi) is 3.88. The first-order chi connectivity index (χ1) is 10.1. The minimum Gasteiger partial charge on any atom is -0.376 e. The van der Waals surface area contributed by atoms with Crippen LogP contribution in [-0.2, 0) is 16.1 Å². The summed E-state index contributed by atoms with van der Waals surface area (Å²) in [7, 11) is 0. The molecule has 1 aromatic carbocycles. The van der Waals surface area contributed by atoms with Gasteiger partial charge in [-0.1, -0.05) is 5.21 Å². The van der Waals surface area contributed by atoms with Gasteiger partial charge in [0.05, 0.1) is 11.6 Å². The van der Waals surface area contributed by atoms with E-state index in [0.717, 1.165) is 30.5 Å². The lowest BCUT2D eigenvalue weighted by Crippen LogP contribution is -2.34. The van der Waals surface area contributed by atoms with Gasteiger partial charge in [-0.25, -0.2) is 4.68 Å². The maximum Gasteiger partial charge on any atom is 0.241 e. The van der Waals surface area contributed by atoms with Crippen molar-refractivity contribution in [1.29, 1.82) is 0 Å². The number of aromatic nitrogens is 3. The van der Waals surface area contributed by atoms with E-state index in [4.69, 9.17) is 4.74 Å². The zero-order valence-electron chi connectivity index (χ0n) is 12.4. The van der Waals surface area contributed by atoms with Gasteiger partial charge in [0.25, 0.3) is 0 Å². The number of carbonyl (C=O) groups excluding carboxylic acids is 1. The maximum atomic E-state index is 12.0. The molecule has 3 rings (SSSR count). The van der Waals surface area contributed by atoms with E-state index in [1.165, 1.54) is 11.1 Å². The standard InChI is InChI=1S/C15H20N4O2/c1-10-6-13-14(7-11(10)2)19(18-17-13)9-15(20)16-8-12-4-3-5-21-12/h6-7,12H,3-5,8-9H2,1-2H3,(H,16,20). The third kappa shape index (κ3) is 3.05. The smallest absolute Gasteiger partial charge is 0.241 e. The predicted octanol–water partition coefficient (Wildman–Crippen LogP) is 1.34. The summed E-state index contributed by atoms with van der Waals surface area (Å²) in [6, 6.07) is 4.02. The van der Waals surface area contributed by atoms with E-state index in [0.29, 0.717) is 6.54 Å². The fourth-order valence-corrected chi connectivity index (χ4v) is 2.56. The van der Waals surface area contributed by atoms with Crippen LogP contribution in [0, 0.1) is 13.8 Å². The van der Waals surface area contributed by atoms with Crippen LogP contribution in [0.1, 0.15) is 24.0 Å². The van der Waals surface area contributed by atoms with Crippen LogP contribution in [0.5, 0.6) is 0 Å². The molecule has 0 saturated carbocycles. The minimum atomic E-state index is -0.0597. The molecule has 6 heteroatoms. The van der Waals surface area contributed by atoms with Crippen molar-refractivity contribution < 1.29 is 9.53 Å². The number of aryl methyl sites for hydroxylation is 2. The van der Waals surface area contributed by atoms with Gasteiger partial charge >= 0.3 is 0 Å². The monoisotopic (exact) mass is 288 g/mol. The molecule has 1 aromatic heterocycles. The molecule has 1 fully saturated rings. The Morgan fingerprint density at radius 1 is 1.43 bits per heavy atom. The van der Waals surface area contributed by atoms with Gasteiger partial charge in [-0.3, -0.25) is 4.79 Å². The number of ether oxygens (including phenoxy) is 1. The van der Waals surface area contributed by atoms with Gasteiger partial charge in [0.15, 0.2) is 0 Å². The van der Waals surface area contributed by atoms with Crippen molar-refractivity contribution in [2.24, 2.45) is 0 Å². The molecule has 1 N–H and O–H groups in total. The van der Waals surface area contributed by atoms with Crippen LogP contribution in [0.2, 0.25) is 0 Å². The Labute approximate surface area is 123 Å². The summed E-state index contributed by atoms with van der Waals surface area (Å²) >= 11 is 0. The summed E-state index contributed by atoms with van der Waals surface area (Å²) in [5.41, 5.74) is 4.07. The second-order valence-corrected chi connectivity index (χ2v) is 5.61. The van der Waals surface area contributed by atoms with E-state index in [9.17, 15) is 4.79 Å². The molecule has 1 amide bonds. The Bertz CT molecular complexity index is 659. The summed E-state index contributed by atoms with van der Waals surface area (Å²) in [6.07, 6.45) is 2.25. The van der Waals surface area contributed by atoms with Crippen LogP contribution in [0.25, 0.3) is 11.0 Å². The SMILES string of the molecule is Cc1cc2nnn(CC(=O)NCC3CCCO3)c2cc1C. The quantitative estimate of drug-likeness (QED) is 0.922. The molecular weight excluding hydrogens is 268 g/mol. The van der Waals surface area contributed by atoms with Crippen LogP contribution in [0.15, 0.2) is 12.1 Å². The van der Waals surface area contributed by atoms with Crippen LogP contribution < -0.4 is 5.32 Å². The van der Waals surface area contributed by atoms with Gasteiger partial charge < -0.3 is 10.1 Å². The number of benzene rings is 1. The van der Waals surface area contributed by atoms with Gasteiger partial charge in [0, 0.05) is 13.2 Å². The molecule has 0 aliphatic carbocycles. The summed E-state index contributed by atoms with van der Waals surface area (Å²) in [5.74, 6) is -0.0597. The van der Waals surface area contributed by atoms with Crippen LogP contribution in [-0.4, -0.2) is 40.2 Å². The number of rotatable bonds is 4. The first kappa shape index (κ1) is 14.0. The maximum absolute atomic E-state index is 12.0. The molecule has 1 unspecified atom stereocenters. The lowest BCUT2D eigenvalue weighted by molar-refractivity contribution is -0.122. The Hall–Kier alpha value is -1.95. The average molecular weight is 288 g/mol. The third-order valence-electron chi connectivity index (χ3n) is 3.97. The van der Waals surface area contributed by atoms with Crippen LogP contribution in [0.3, 0.4) is 0 Å². The lowest BCUT2D eigenvalue weighted by atomic mass is 10.1. The molecular formula is C15H20N4O2. The van der Waals surface area contributed by atoms with Crippen molar-refractivity contribution in [3.05, 3.63) is 23.3 Å². The molecule has 2 aromatic rings. The van der Waals surface area contributed by atoms with E-state index < -0.39 is 0 Å². The minimum absolute atomic E-state index is 0.0597. The number of amides is 1. The number of carbonyl (C=O) groups is 1. The third-order valence-corrected chi connectivity index (χ3v) is 3.97. The lowest BCUT2D eigenvalue weighted by Gasteiger charge is -2.10. The van der Waals surface area contributed by atoms with Gasteiger partial charge in [0.2, 0.25) is 5.91 Å². The average Bonchev–Trinajstić information content (AvgIpc) is 3.09. The van der Waals surface area contributed by atoms with Crippen molar-refractivity contribution in [3.8, 4) is 0 Å². The van der Waals surface area contributed by atoms with Gasteiger partial charge in [-0.15, -0.1) is 5.10 Å². The first-order valence-electron chi connectivity index (χ1n) is 7.32. The highest BCUT2D eigenvalue weighted by atomic mass is 16.5. The highest BCUT2D eigenvalue weighted by Gasteiger charge is 2.17. The molecule has 1 aliphatic rings. The molecule has 112 valence electrons. The fraction of sp³-hybridized carbons (Fsp3) is 0.533. The molecule has 1 saturated heterocycles. The molecule has 2 heterocycles. The van der Waals surface area contributed by atoms with Crippen LogP contribution >= 0.6 is 0 Å². The molecule has 0 spiro atoms. The molecule has 1 atom stereocenters. The van der Waals surface area contributed by atoms with E-state index in [1.54, 1.807) is 4.68 Å². The number of nitrogens with zero attached hydrogens (tertiary/aromatic N) is 3. The predicted molar refractivity (Wildman–Crippen MR) is 79.0 cm³/mol. The highest BCUT2D eigenvalue weighted by Crippen LogP contribution is 2.17. The topological polar surface area (TPSA) is 69.0 Å². The second-order valence-electron chi connectivity index (χ2n) is 5.61. The molecule has 0 radical (unpaired) electrons. The second kappa shape index (κ2) is 5.81. The summed E-state index contributed by atoms with van der Waals surface area (Å²) in [4.78, 5) is 12.0. The zero-order valence-corrected chi connectivity index (χ0v) is 12.4. The fourth-order valence-electron chi connectivity index (χ4n) is 2.56. The number of hydrogen-bond acceptors (Lipinski definition) is 4. The summed E-state index contributed by atoms with van der Waals surface area (Å²) in [6.45, 7) is 5.65. The van der Waals surface area contributed by atoms with Crippen molar-refractivity contribution in [3.63, 3.8) is 0 Å². The molecule has 1 aliphatic heterocycles. The van der Waals surface area contributed by atoms with Crippen molar-refractivity contribution in [1.82, 2.24) is 20.3 Å². The van der Waals surface area contributed by atoms with E-state index in [-0.39, 0.29) is 18.6 Å². The zero-order chi connectivity index (χ0) is 14.8. The molecule has 0 bridgehead atoms. The largest absolute Gasteiger partial charge is 0.376 e. The van der Waals surface area contributed by atoms with Gasteiger partial charge in [0.1, 0.15) is 12.1 Å².